The topological polar surface area (TPSA) is 187 Å². The summed E-state index contributed by atoms with van der Waals surface area (Å²) in [4.78, 5) is 33.9. The molecule has 0 aliphatic carbocycles. The number of imidazole rings is 2. The van der Waals surface area contributed by atoms with E-state index in [-0.39, 0.29) is 5.13 Å². The average Bonchev–Trinajstić information content (AvgIpc) is 4.17. The van der Waals surface area contributed by atoms with E-state index in [9.17, 15) is 4.39 Å². The molecule has 0 unspecified atom stereocenters. The van der Waals surface area contributed by atoms with Crippen molar-refractivity contribution in [1.82, 2.24) is 55.3 Å². The molecule has 2 aromatic carbocycles. The molecule has 0 atom stereocenters. The number of aromatic amines is 4. The molecule has 0 spiro atoms. The normalized spacial score (nSPS) is 11.8. The van der Waals surface area contributed by atoms with E-state index in [1.54, 1.807) is 24.7 Å². The minimum absolute atomic E-state index is 0.277. The van der Waals surface area contributed by atoms with Gasteiger partial charge < -0.3 is 20.6 Å². The van der Waals surface area contributed by atoms with E-state index in [2.05, 4.69) is 46.3 Å². The third kappa shape index (κ3) is 6.17. The second-order valence-electron chi connectivity index (χ2n) is 15.4. The molecule has 18 heteroatoms. The summed E-state index contributed by atoms with van der Waals surface area (Å²) < 4.78 is 31.9. The molecule has 14 nitrogen and oxygen atoms in total. The van der Waals surface area contributed by atoms with Gasteiger partial charge in [0.2, 0.25) is 0 Å². The molecule has 0 amide bonds. The molecule has 0 bridgehead atoms. The Hall–Kier alpha value is -8.22. The SMILES string of the molecule is CN(C)c1cncc(-c2cnc3[nH]nc(-c4nc5c(-c6sc(F)cc6-[n+]6cc(-c7cncc(N)c7)cc7c(-c8nc9c(-c%10ccc(F)s%10)cccc9[nH]8)n[nH]c76)cccc5[nH]4)c3c2)c1. The molecule has 6 N–H and O–H groups in total. The van der Waals surface area contributed by atoms with Gasteiger partial charge in [0.15, 0.2) is 38.9 Å². The number of para-hydroxylation sites is 2. The highest BCUT2D eigenvalue weighted by molar-refractivity contribution is 7.14. The lowest BCUT2D eigenvalue weighted by Gasteiger charge is -2.12. The maximum absolute atomic E-state index is 15.9. The summed E-state index contributed by atoms with van der Waals surface area (Å²) in [6, 6.07) is 24.1. The first kappa shape index (κ1) is 37.5. The zero-order valence-electron chi connectivity index (χ0n) is 33.6. The summed E-state index contributed by atoms with van der Waals surface area (Å²) in [6.45, 7) is 0. The van der Waals surface area contributed by atoms with Gasteiger partial charge in [0.05, 0.1) is 49.9 Å². The molecule has 0 radical (unpaired) electrons. The number of nitrogens with zero attached hydrogens (tertiary/aromatic N) is 9. The van der Waals surface area contributed by atoms with E-state index in [1.165, 1.54) is 12.1 Å². The zero-order chi connectivity index (χ0) is 43.2. The fourth-order valence-corrected chi connectivity index (χ4v) is 9.79. The summed E-state index contributed by atoms with van der Waals surface area (Å²) in [7, 11) is 3.94. The van der Waals surface area contributed by atoms with Gasteiger partial charge in [0.1, 0.15) is 17.3 Å². The molecule has 64 heavy (non-hydrogen) atoms. The average molecular weight is 882 g/mol. The molecule has 10 aromatic heterocycles. The van der Waals surface area contributed by atoms with Gasteiger partial charge in [-0.1, -0.05) is 29.4 Å². The van der Waals surface area contributed by atoms with Crippen LogP contribution in [0.5, 0.6) is 0 Å². The quantitative estimate of drug-likeness (QED) is 0.0927. The number of hydrogen-bond acceptors (Lipinski definition) is 11. The van der Waals surface area contributed by atoms with Crippen LogP contribution in [0.1, 0.15) is 0 Å². The summed E-state index contributed by atoms with van der Waals surface area (Å²) in [5.74, 6) is 1.02. The number of thiophene rings is 2. The van der Waals surface area contributed by atoms with Crippen LogP contribution in [-0.4, -0.2) is 69.4 Å². The van der Waals surface area contributed by atoms with Gasteiger partial charge >= 0.3 is 5.65 Å². The Kier molecular flexibility index (Phi) is 8.46. The first-order valence-corrected chi connectivity index (χ1v) is 21.5. The number of fused-ring (bicyclic) bond motifs is 4. The lowest BCUT2D eigenvalue weighted by atomic mass is 10.1. The monoisotopic (exact) mass is 881 g/mol. The molecule has 310 valence electrons. The second kappa shape index (κ2) is 14.4. The molecule has 10 heterocycles. The van der Waals surface area contributed by atoms with Gasteiger partial charge in [-0.25, -0.2) is 15.0 Å². The molecular formula is C46H31F2N14S2+. The smallest absolute Gasteiger partial charge is 0.314 e. The number of rotatable bonds is 8. The van der Waals surface area contributed by atoms with Crippen molar-refractivity contribution in [2.45, 2.75) is 0 Å². The standard InChI is InChI=1S/C46H30F2N14S2/c1-61(2)27-12-23(17-51-20-27)24-13-30-40(57-59-43(30)52-18-24)44-54-33-8-4-6-29(39(33)56-44)42-34(15-37(48)64-42)62-21-25(22-11-26(49)19-50-16-22)14-31-41(58-60-46(31)62)45-53-32-7-3-5-28(38(32)55-45)35-9-10-36(47)63-35/h3-21H,49H2,1-2H3,(H3,52,53,54,55,56,57,58,59)/p+1. The summed E-state index contributed by atoms with van der Waals surface area (Å²) in [5.41, 5.74) is 18.2. The van der Waals surface area contributed by atoms with E-state index in [0.29, 0.717) is 72.6 Å². The Morgan fingerprint density at radius 2 is 1.34 bits per heavy atom. The van der Waals surface area contributed by atoms with Gasteiger partial charge in [-0.05, 0) is 48.5 Å². The van der Waals surface area contributed by atoms with E-state index in [4.69, 9.17) is 20.8 Å². The van der Waals surface area contributed by atoms with Crippen LogP contribution in [0.3, 0.4) is 0 Å². The number of H-pyrrole nitrogens is 4. The molecule has 12 aromatic rings. The Morgan fingerprint density at radius 1 is 0.656 bits per heavy atom. The summed E-state index contributed by atoms with van der Waals surface area (Å²) in [5, 5.41) is 16.5. The van der Waals surface area contributed by atoms with Crippen LogP contribution in [0.4, 0.5) is 20.2 Å². The molecule has 12 rings (SSSR count). The van der Waals surface area contributed by atoms with Crippen molar-refractivity contribution >= 4 is 78.2 Å². The van der Waals surface area contributed by atoms with Crippen molar-refractivity contribution in [3.05, 3.63) is 126 Å². The van der Waals surface area contributed by atoms with Crippen molar-refractivity contribution in [2.75, 3.05) is 24.7 Å². The van der Waals surface area contributed by atoms with Crippen molar-refractivity contribution in [1.29, 1.82) is 0 Å². The van der Waals surface area contributed by atoms with Gasteiger partial charge in [-0.3, -0.25) is 15.1 Å². The van der Waals surface area contributed by atoms with Crippen molar-refractivity contribution in [3.63, 3.8) is 0 Å². The van der Waals surface area contributed by atoms with Crippen LogP contribution in [0.2, 0.25) is 0 Å². The Balaban J connectivity index is 1.00. The number of nitrogen functional groups attached to an aromatic ring is 1. The van der Waals surface area contributed by atoms with Crippen LogP contribution >= 0.6 is 22.7 Å². The molecule has 0 saturated heterocycles. The van der Waals surface area contributed by atoms with Crippen LogP contribution in [-0.2, 0) is 0 Å². The number of nitrogens with two attached hydrogens (primary N) is 1. The maximum atomic E-state index is 15.9. The van der Waals surface area contributed by atoms with Gasteiger partial charge in [-0.15, -0.1) is 27.8 Å². The highest BCUT2D eigenvalue weighted by atomic mass is 32.1. The number of pyridine rings is 4. The van der Waals surface area contributed by atoms with E-state index in [1.807, 2.05) is 96.8 Å². The zero-order valence-corrected chi connectivity index (χ0v) is 35.3. The number of hydrogen-bond donors (Lipinski definition) is 5. The second-order valence-corrected chi connectivity index (χ2v) is 17.4. The summed E-state index contributed by atoms with van der Waals surface area (Å²) in [6.07, 6.45) is 10.6. The van der Waals surface area contributed by atoms with E-state index in [0.717, 1.165) is 77.5 Å². The van der Waals surface area contributed by atoms with Crippen LogP contribution < -0.4 is 15.2 Å². The highest BCUT2D eigenvalue weighted by Gasteiger charge is 2.28. The minimum atomic E-state index is -0.395. The van der Waals surface area contributed by atoms with Gasteiger partial charge in [0, 0.05) is 83.2 Å². The number of nitrogens with one attached hydrogen (secondary N) is 4. The third-order valence-electron chi connectivity index (χ3n) is 11.2. The Morgan fingerprint density at radius 3 is 2.09 bits per heavy atom. The fourth-order valence-electron chi connectivity index (χ4n) is 8.13. The number of halogens is 2. The molecule has 0 aliphatic rings. The molecule has 0 saturated carbocycles. The predicted molar refractivity (Wildman–Crippen MR) is 247 cm³/mol. The maximum Gasteiger partial charge on any atom is 0.314 e. The number of anilines is 2. The first-order chi connectivity index (χ1) is 31.2. The Bertz CT molecular complexity index is 3800. The number of aromatic nitrogens is 12. The van der Waals surface area contributed by atoms with Crippen molar-refractivity contribution in [3.8, 4) is 71.9 Å². The minimum Gasteiger partial charge on any atom is -0.397 e. The summed E-state index contributed by atoms with van der Waals surface area (Å²) >= 11 is 2.08. The first-order valence-electron chi connectivity index (χ1n) is 19.9. The molecule has 0 aliphatic heterocycles. The predicted octanol–water partition coefficient (Wildman–Crippen LogP) is 9.70. The van der Waals surface area contributed by atoms with Crippen LogP contribution in [0, 0.1) is 10.3 Å². The lowest BCUT2D eigenvalue weighted by molar-refractivity contribution is -0.567. The lowest BCUT2D eigenvalue weighted by Crippen LogP contribution is -2.32. The molecular weight excluding hydrogens is 851 g/mol. The molecule has 0 fully saturated rings. The fraction of sp³-hybridized carbons (Fsp3) is 0.0435. The van der Waals surface area contributed by atoms with E-state index < -0.39 is 5.13 Å². The third-order valence-corrected chi connectivity index (χ3v) is 13.0. The van der Waals surface area contributed by atoms with Gasteiger partial charge in [-0.2, -0.15) is 18.4 Å². The van der Waals surface area contributed by atoms with Crippen molar-refractivity contribution < 1.29 is 13.3 Å². The van der Waals surface area contributed by atoms with Crippen LogP contribution in [0.15, 0.2) is 116 Å². The Labute approximate surface area is 368 Å². The largest absolute Gasteiger partial charge is 0.397 e. The van der Waals surface area contributed by atoms with Crippen molar-refractivity contribution in [2.24, 2.45) is 0 Å². The van der Waals surface area contributed by atoms with Crippen LogP contribution in [0.25, 0.3) is 116 Å². The van der Waals surface area contributed by atoms with Gasteiger partial charge in [0.25, 0.3) is 0 Å². The highest BCUT2D eigenvalue weighted by Crippen LogP contribution is 2.40. The number of benzene rings is 2. The van der Waals surface area contributed by atoms with E-state index >= 15 is 4.39 Å².